The molecular weight excluding hydrogens is 512 g/mol. The van der Waals surface area contributed by atoms with Crippen molar-refractivity contribution in [3.05, 3.63) is 64.5 Å². The molecule has 1 aromatic heterocycles. The second-order valence-corrected chi connectivity index (χ2v) is 11.0. The number of aryl methyl sites for hydroxylation is 1. The van der Waals surface area contributed by atoms with Crippen LogP contribution in [0, 0.1) is 0 Å². The first kappa shape index (κ1) is 27.3. The Kier molecular flexibility index (Phi) is 8.60. The van der Waals surface area contributed by atoms with E-state index >= 15 is 0 Å². The lowest BCUT2D eigenvalue weighted by molar-refractivity contribution is 0.0627. The number of carbonyl (C=O) groups is 2. The average Bonchev–Trinajstić information content (AvgIpc) is 3.62. The SMILES string of the molecule is CCOc1ccc(CC)cc1-c1csc(NC(=O)c2ccc(C(=O)N3CCC(N4CC[C@@H](O)C4)CC3)cc2)n1. The molecule has 5 rings (SSSR count). The van der Waals surface area contributed by atoms with Crippen LogP contribution in [0.2, 0.25) is 0 Å². The van der Waals surface area contributed by atoms with Crippen LogP contribution in [-0.4, -0.2) is 76.6 Å². The van der Waals surface area contributed by atoms with Gasteiger partial charge < -0.3 is 14.7 Å². The van der Waals surface area contributed by atoms with Gasteiger partial charge in [0.15, 0.2) is 5.13 Å². The Morgan fingerprint density at radius 2 is 1.79 bits per heavy atom. The lowest BCUT2D eigenvalue weighted by Crippen LogP contribution is -2.46. The highest BCUT2D eigenvalue weighted by Gasteiger charge is 2.31. The first-order valence-corrected chi connectivity index (χ1v) is 14.7. The van der Waals surface area contributed by atoms with Crippen molar-refractivity contribution < 1.29 is 19.4 Å². The van der Waals surface area contributed by atoms with E-state index < -0.39 is 0 Å². The van der Waals surface area contributed by atoms with Crippen LogP contribution >= 0.6 is 11.3 Å². The molecule has 9 heteroatoms. The number of ether oxygens (including phenoxy) is 1. The molecular formula is C30H36N4O4S. The lowest BCUT2D eigenvalue weighted by atomic mass is 10.0. The number of nitrogens with one attached hydrogen (secondary N) is 1. The molecule has 0 bridgehead atoms. The molecule has 2 aromatic carbocycles. The van der Waals surface area contributed by atoms with Gasteiger partial charge in [0.05, 0.1) is 18.4 Å². The van der Waals surface area contributed by atoms with Gasteiger partial charge >= 0.3 is 0 Å². The summed E-state index contributed by atoms with van der Waals surface area (Å²) in [5, 5.41) is 15.1. The number of aliphatic hydroxyl groups excluding tert-OH is 1. The van der Waals surface area contributed by atoms with Crippen molar-refractivity contribution in [2.75, 3.05) is 38.1 Å². The number of nitrogens with zero attached hydrogens (tertiary/aromatic N) is 3. The quantitative estimate of drug-likeness (QED) is 0.424. The number of thiazole rings is 1. The van der Waals surface area contributed by atoms with Gasteiger partial charge in [-0.25, -0.2) is 4.98 Å². The summed E-state index contributed by atoms with van der Waals surface area (Å²) >= 11 is 1.37. The van der Waals surface area contributed by atoms with Crippen molar-refractivity contribution in [3.63, 3.8) is 0 Å². The summed E-state index contributed by atoms with van der Waals surface area (Å²) < 4.78 is 5.79. The van der Waals surface area contributed by atoms with Crippen molar-refractivity contribution >= 4 is 28.3 Å². The minimum absolute atomic E-state index is 0.00848. The van der Waals surface area contributed by atoms with Crippen LogP contribution in [-0.2, 0) is 6.42 Å². The third kappa shape index (κ3) is 6.32. The predicted octanol–water partition coefficient (Wildman–Crippen LogP) is 4.69. The van der Waals surface area contributed by atoms with Crippen molar-refractivity contribution in [1.29, 1.82) is 0 Å². The Morgan fingerprint density at radius 1 is 1.05 bits per heavy atom. The first-order valence-electron chi connectivity index (χ1n) is 13.8. The molecule has 39 heavy (non-hydrogen) atoms. The van der Waals surface area contributed by atoms with E-state index in [1.165, 1.54) is 16.9 Å². The lowest BCUT2D eigenvalue weighted by Gasteiger charge is -2.36. The van der Waals surface area contributed by atoms with Gasteiger partial charge in [-0.1, -0.05) is 13.0 Å². The zero-order valence-electron chi connectivity index (χ0n) is 22.6. The van der Waals surface area contributed by atoms with Crippen molar-refractivity contribution in [1.82, 2.24) is 14.8 Å². The van der Waals surface area contributed by atoms with E-state index in [-0.39, 0.29) is 17.9 Å². The number of β-amino-alcohol motifs (C(OH)–C–C–N with tert-alkyl or cyclic N) is 1. The van der Waals surface area contributed by atoms with Crippen LogP contribution in [0.3, 0.4) is 0 Å². The molecule has 0 unspecified atom stereocenters. The molecule has 2 amide bonds. The number of carbonyl (C=O) groups excluding carboxylic acids is 2. The molecule has 8 nitrogen and oxygen atoms in total. The Hall–Kier alpha value is -3.27. The topological polar surface area (TPSA) is 95.0 Å². The molecule has 0 radical (unpaired) electrons. The fourth-order valence-electron chi connectivity index (χ4n) is 5.38. The van der Waals surface area contributed by atoms with Crippen LogP contribution in [0.25, 0.3) is 11.3 Å². The average molecular weight is 549 g/mol. The Bertz CT molecular complexity index is 1300. The molecule has 2 fully saturated rings. The zero-order chi connectivity index (χ0) is 27.4. The van der Waals surface area contributed by atoms with Gasteiger partial charge in [0.1, 0.15) is 5.75 Å². The van der Waals surface area contributed by atoms with E-state index in [1.807, 2.05) is 23.3 Å². The fraction of sp³-hybridized carbons (Fsp3) is 0.433. The van der Waals surface area contributed by atoms with Crippen molar-refractivity contribution in [2.24, 2.45) is 0 Å². The van der Waals surface area contributed by atoms with Gasteiger partial charge in [-0.05, 0) is 74.6 Å². The number of piperidine rings is 1. The second-order valence-electron chi connectivity index (χ2n) is 10.1. The first-order chi connectivity index (χ1) is 18.9. The molecule has 2 N–H and O–H groups in total. The van der Waals surface area contributed by atoms with Gasteiger partial charge in [-0.3, -0.25) is 19.8 Å². The van der Waals surface area contributed by atoms with Crippen LogP contribution < -0.4 is 10.1 Å². The number of anilines is 1. The molecule has 0 spiro atoms. The molecule has 2 aliphatic heterocycles. The summed E-state index contributed by atoms with van der Waals surface area (Å²) in [7, 11) is 0. The van der Waals surface area contributed by atoms with E-state index in [4.69, 9.17) is 4.74 Å². The number of benzene rings is 2. The number of hydrogen-bond donors (Lipinski definition) is 2. The maximum absolute atomic E-state index is 13.1. The maximum atomic E-state index is 13.1. The van der Waals surface area contributed by atoms with Crippen molar-refractivity contribution in [3.8, 4) is 17.0 Å². The number of likely N-dealkylation sites (tertiary alicyclic amines) is 2. The Balaban J connectivity index is 1.19. The largest absolute Gasteiger partial charge is 0.493 e. The Morgan fingerprint density at radius 3 is 2.46 bits per heavy atom. The van der Waals surface area contributed by atoms with Crippen LogP contribution in [0.15, 0.2) is 47.8 Å². The third-order valence-corrected chi connectivity index (χ3v) is 8.37. The molecule has 2 saturated heterocycles. The fourth-order valence-corrected chi connectivity index (χ4v) is 6.09. The molecule has 0 saturated carbocycles. The minimum Gasteiger partial charge on any atom is -0.493 e. The van der Waals surface area contributed by atoms with E-state index in [0.29, 0.717) is 42.0 Å². The number of rotatable bonds is 8. The molecule has 1 atom stereocenters. The van der Waals surface area contributed by atoms with Crippen LogP contribution in [0.5, 0.6) is 5.75 Å². The number of aliphatic hydroxyl groups is 1. The van der Waals surface area contributed by atoms with E-state index in [1.54, 1.807) is 24.3 Å². The monoisotopic (exact) mass is 548 g/mol. The molecule has 3 aromatic rings. The van der Waals surface area contributed by atoms with Crippen LogP contribution in [0.4, 0.5) is 5.13 Å². The Labute approximate surface area is 233 Å². The minimum atomic E-state index is -0.268. The standard InChI is InChI=1S/C30H36N4O4S/c1-3-20-5-10-27(38-4-2)25(17-20)26-19-39-30(31-26)32-28(36)21-6-8-22(9-7-21)29(37)33-14-11-23(12-15-33)34-16-13-24(35)18-34/h5-10,17,19,23-24,35H,3-4,11-16,18H2,1-2H3,(H,31,32,36)/t24-/m1/s1. The van der Waals surface area contributed by atoms with Gasteiger partial charge in [0.25, 0.3) is 11.8 Å². The predicted molar refractivity (Wildman–Crippen MR) is 154 cm³/mol. The number of amides is 2. The van der Waals surface area contributed by atoms with E-state index in [0.717, 1.165) is 55.8 Å². The van der Waals surface area contributed by atoms with E-state index in [9.17, 15) is 14.7 Å². The van der Waals surface area contributed by atoms with Gasteiger partial charge in [-0.15, -0.1) is 11.3 Å². The highest BCUT2D eigenvalue weighted by atomic mass is 32.1. The summed E-state index contributed by atoms with van der Waals surface area (Å²) in [6.07, 6.45) is 3.37. The molecule has 2 aliphatic rings. The highest BCUT2D eigenvalue weighted by Crippen LogP contribution is 2.33. The summed E-state index contributed by atoms with van der Waals surface area (Å²) in [6, 6.07) is 13.4. The zero-order valence-corrected chi connectivity index (χ0v) is 23.4. The molecule has 3 heterocycles. The third-order valence-electron chi connectivity index (χ3n) is 7.61. The van der Waals surface area contributed by atoms with E-state index in [2.05, 4.69) is 34.3 Å². The maximum Gasteiger partial charge on any atom is 0.257 e. The van der Waals surface area contributed by atoms with Gasteiger partial charge in [0, 0.05) is 54.3 Å². The van der Waals surface area contributed by atoms with Crippen LogP contribution in [0.1, 0.15) is 59.4 Å². The van der Waals surface area contributed by atoms with Gasteiger partial charge in [-0.2, -0.15) is 0 Å². The summed E-state index contributed by atoms with van der Waals surface area (Å²) in [5.74, 6) is 0.499. The summed E-state index contributed by atoms with van der Waals surface area (Å²) in [6.45, 7) is 7.71. The second kappa shape index (κ2) is 12.3. The number of aromatic nitrogens is 1. The molecule has 206 valence electrons. The van der Waals surface area contributed by atoms with Gasteiger partial charge in [0.2, 0.25) is 0 Å². The highest BCUT2D eigenvalue weighted by molar-refractivity contribution is 7.14. The number of hydrogen-bond acceptors (Lipinski definition) is 7. The summed E-state index contributed by atoms with van der Waals surface area (Å²) in [4.78, 5) is 34.9. The summed E-state index contributed by atoms with van der Waals surface area (Å²) in [5.41, 5.74) is 3.92. The van der Waals surface area contributed by atoms with Crippen molar-refractivity contribution in [2.45, 2.75) is 51.7 Å². The molecule has 0 aliphatic carbocycles. The normalized spacial score (nSPS) is 18.3. The smallest absolute Gasteiger partial charge is 0.257 e.